The molecule has 0 aromatic heterocycles. The Morgan fingerprint density at radius 1 is 1.11 bits per heavy atom. The van der Waals surface area contributed by atoms with Gasteiger partial charge in [0.1, 0.15) is 11.6 Å². The first-order chi connectivity index (χ1) is 8.19. The van der Waals surface area contributed by atoms with Gasteiger partial charge in [0.05, 0.1) is 0 Å². The Morgan fingerprint density at radius 2 is 1.56 bits per heavy atom. The Bertz CT molecular complexity index is 431. The van der Waals surface area contributed by atoms with E-state index in [0.717, 1.165) is 0 Å². The summed E-state index contributed by atoms with van der Waals surface area (Å²) in [5.74, 6) is -0.463. The molecule has 100 valence electrons. The predicted octanol–water partition coefficient (Wildman–Crippen LogP) is 4.95. The second-order valence-electron chi connectivity index (χ2n) is 6.34. The van der Waals surface area contributed by atoms with E-state index in [1.54, 1.807) is 0 Å². The van der Waals surface area contributed by atoms with Gasteiger partial charge in [-0.25, -0.2) is 8.78 Å². The minimum atomic E-state index is -0.448. The Balaban J connectivity index is 2.17. The van der Waals surface area contributed by atoms with Gasteiger partial charge in [-0.15, -0.1) is 0 Å². The van der Waals surface area contributed by atoms with Gasteiger partial charge in [-0.05, 0) is 35.3 Å². The third kappa shape index (κ3) is 2.01. The van der Waals surface area contributed by atoms with Crippen molar-refractivity contribution in [3.8, 4) is 0 Å². The van der Waals surface area contributed by atoms with Crippen LogP contribution in [0.1, 0.15) is 33.3 Å². The molecule has 2 rings (SSSR count). The first-order valence-corrected chi connectivity index (χ1v) is 7.18. The summed E-state index contributed by atoms with van der Waals surface area (Å²) in [6.07, 6.45) is 0.399. The number of benzene rings is 1. The Labute approximate surface area is 116 Å². The van der Waals surface area contributed by atoms with Crippen molar-refractivity contribution in [3.63, 3.8) is 0 Å². The highest BCUT2D eigenvalue weighted by molar-refractivity contribution is 9.09. The van der Waals surface area contributed by atoms with Crippen molar-refractivity contribution < 1.29 is 8.78 Å². The predicted molar refractivity (Wildman–Crippen MR) is 73.8 cm³/mol. The second kappa shape index (κ2) is 4.29. The summed E-state index contributed by atoms with van der Waals surface area (Å²) in [5, 5.41) is 0. The van der Waals surface area contributed by atoms with Gasteiger partial charge in [0.2, 0.25) is 0 Å². The molecule has 0 saturated heterocycles. The average molecular weight is 317 g/mol. The van der Waals surface area contributed by atoms with E-state index < -0.39 is 11.6 Å². The lowest BCUT2D eigenvalue weighted by Crippen LogP contribution is -2.13. The van der Waals surface area contributed by atoms with Crippen LogP contribution in [-0.4, -0.2) is 4.83 Å². The Hall–Kier alpha value is -0.440. The highest BCUT2D eigenvalue weighted by Crippen LogP contribution is 2.71. The molecule has 18 heavy (non-hydrogen) atoms. The second-order valence-corrected chi connectivity index (χ2v) is 7.52. The summed E-state index contributed by atoms with van der Waals surface area (Å²) in [7, 11) is 0. The van der Waals surface area contributed by atoms with E-state index in [4.69, 9.17) is 0 Å². The van der Waals surface area contributed by atoms with Crippen LogP contribution < -0.4 is 0 Å². The fourth-order valence-corrected chi connectivity index (χ4v) is 4.84. The summed E-state index contributed by atoms with van der Waals surface area (Å²) >= 11 is 3.63. The van der Waals surface area contributed by atoms with Crippen LogP contribution in [-0.2, 0) is 6.42 Å². The largest absolute Gasteiger partial charge is 0.207 e. The normalized spacial score (nSPS) is 22.8. The number of alkyl halides is 1. The Kier molecular flexibility index (Phi) is 3.33. The third-order valence-electron chi connectivity index (χ3n) is 4.95. The summed E-state index contributed by atoms with van der Waals surface area (Å²) in [5.41, 5.74) is 0.615. The van der Waals surface area contributed by atoms with Gasteiger partial charge in [0.15, 0.2) is 0 Å². The summed E-state index contributed by atoms with van der Waals surface area (Å²) in [6, 6.07) is 4.05. The van der Waals surface area contributed by atoms with Crippen molar-refractivity contribution in [1.29, 1.82) is 0 Å². The number of hydrogen-bond donors (Lipinski definition) is 0. The molecule has 1 fully saturated rings. The first kappa shape index (κ1) is 14.0. The molecule has 0 bridgehead atoms. The van der Waals surface area contributed by atoms with Crippen molar-refractivity contribution in [2.45, 2.75) is 38.9 Å². The molecule has 0 heterocycles. The van der Waals surface area contributed by atoms with Crippen molar-refractivity contribution >= 4 is 15.9 Å². The van der Waals surface area contributed by atoms with Crippen molar-refractivity contribution in [2.75, 3.05) is 0 Å². The topological polar surface area (TPSA) is 0 Å². The van der Waals surface area contributed by atoms with Gasteiger partial charge in [0, 0.05) is 10.4 Å². The number of rotatable bonds is 3. The highest BCUT2D eigenvalue weighted by atomic mass is 79.9. The van der Waals surface area contributed by atoms with Crippen LogP contribution in [0, 0.1) is 28.4 Å². The smallest absolute Gasteiger partial charge is 0.129 e. The van der Waals surface area contributed by atoms with E-state index in [2.05, 4.69) is 43.6 Å². The quantitative estimate of drug-likeness (QED) is 0.692. The minimum absolute atomic E-state index is 0.105. The van der Waals surface area contributed by atoms with E-state index >= 15 is 0 Å². The number of hydrogen-bond acceptors (Lipinski definition) is 0. The van der Waals surface area contributed by atoms with Crippen LogP contribution in [0.15, 0.2) is 18.2 Å². The van der Waals surface area contributed by atoms with Crippen LogP contribution >= 0.6 is 15.9 Å². The van der Waals surface area contributed by atoms with Crippen LogP contribution in [0.3, 0.4) is 0 Å². The van der Waals surface area contributed by atoms with Gasteiger partial charge in [-0.2, -0.15) is 0 Å². The van der Waals surface area contributed by atoms with Crippen LogP contribution in [0.4, 0.5) is 8.78 Å². The van der Waals surface area contributed by atoms with Crippen LogP contribution in [0.5, 0.6) is 0 Å². The molecule has 1 aromatic rings. The molecule has 1 saturated carbocycles. The maximum absolute atomic E-state index is 13.6. The minimum Gasteiger partial charge on any atom is -0.207 e. The molecule has 1 aliphatic rings. The zero-order valence-electron chi connectivity index (χ0n) is 11.2. The summed E-state index contributed by atoms with van der Waals surface area (Å²) in [6.45, 7) is 8.85. The molecular weight excluding hydrogens is 298 g/mol. The average Bonchev–Trinajstić information content (AvgIpc) is 2.63. The number of halogens is 3. The maximum Gasteiger partial charge on any atom is 0.129 e. The van der Waals surface area contributed by atoms with Crippen molar-refractivity contribution in [2.24, 2.45) is 16.7 Å². The zero-order chi connectivity index (χ0) is 13.7. The van der Waals surface area contributed by atoms with E-state index in [0.29, 0.717) is 12.3 Å². The molecule has 0 amide bonds. The molecule has 1 atom stereocenters. The molecule has 1 aromatic carbocycles. The van der Waals surface area contributed by atoms with E-state index in [9.17, 15) is 8.78 Å². The standard InChI is InChI=1S/C15H19BrF2/c1-14(2)13(15(14,3)4)10(16)8-9-11(17)6-5-7-12(9)18/h5-7,10,13H,8H2,1-4H3. The SMILES string of the molecule is CC1(C)C(C(Br)Cc2c(F)cccc2F)C1(C)C. The third-order valence-corrected chi connectivity index (χ3v) is 5.81. The monoisotopic (exact) mass is 316 g/mol. The molecule has 1 aliphatic carbocycles. The lowest BCUT2D eigenvalue weighted by molar-refractivity contribution is 0.457. The highest BCUT2D eigenvalue weighted by Gasteiger charge is 2.66. The fraction of sp³-hybridized carbons (Fsp3) is 0.600. The van der Waals surface area contributed by atoms with Gasteiger partial charge < -0.3 is 0 Å². The van der Waals surface area contributed by atoms with Gasteiger partial charge in [-0.3, -0.25) is 0 Å². The first-order valence-electron chi connectivity index (χ1n) is 6.26. The summed E-state index contributed by atoms with van der Waals surface area (Å²) < 4.78 is 27.2. The van der Waals surface area contributed by atoms with Crippen molar-refractivity contribution in [3.05, 3.63) is 35.4 Å². The van der Waals surface area contributed by atoms with Crippen LogP contribution in [0.2, 0.25) is 0 Å². The van der Waals surface area contributed by atoms with Crippen molar-refractivity contribution in [1.82, 2.24) is 0 Å². The molecule has 0 radical (unpaired) electrons. The van der Waals surface area contributed by atoms with Gasteiger partial charge in [0.25, 0.3) is 0 Å². The molecule has 0 spiro atoms. The molecule has 1 unspecified atom stereocenters. The zero-order valence-corrected chi connectivity index (χ0v) is 12.8. The molecule has 0 aliphatic heterocycles. The fourth-order valence-electron chi connectivity index (χ4n) is 3.19. The van der Waals surface area contributed by atoms with Gasteiger partial charge in [-0.1, -0.05) is 49.7 Å². The lowest BCUT2D eigenvalue weighted by atomic mass is 10.0. The molecule has 0 nitrogen and oxygen atoms in total. The lowest BCUT2D eigenvalue weighted by Gasteiger charge is -2.13. The maximum atomic E-state index is 13.6. The molecule has 3 heteroatoms. The summed E-state index contributed by atoms with van der Waals surface area (Å²) in [4.78, 5) is 0.105. The van der Waals surface area contributed by atoms with E-state index in [-0.39, 0.29) is 21.2 Å². The molecular formula is C15H19BrF2. The Morgan fingerprint density at radius 3 is 1.94 bits per heavy atom. The van der Waals surface area contributed by atoms with Crippen LogP contribution in [0.25, 0.3) is 0 Å². The van der Waals surface area contributed by atoms with E-state index in [1.807, 2.05) is 0 Å². The van der Waals surface area contributed by atoms with E-state index in [1.165, 1.54) is 18.2 Å². The van der Waals surface area contributed by atoms with Gasteiger partial charge >= 0.3 is 0 Å². The molecule has 0 N–H and O–H groups in total.